The van der Waals surface area contributed by atoms with Crippen molar-refractivity contribution >= 4 is 40.7 Å². The van der Waals surface area contributed by atoms with E-state index in [4.69, 9.17) is 23.2 Å². The Bertz CT molecular complexity index is 984. The first-order valence-electron chi connectivity index (χ1n) is 9.09. The minimum absolute atomic E-state index is 0.0483. The molecule has 2 aromatic rings. The Morgan fingerprint density at radius 1 is 0.893 bits per heavy atom. The molecule has 0 saturated carbocycles. The lowest BCUT2D eigenvalue weighted by atomic mass is 9.90. The molecule has 0 spiro atoms. The van der Waals surface area contributed by atoms with Crippen LogP contribution in [0, 0.1) is 11.7 Å². The minimum Gasteiger partial charge on any atom is -0.274 e. The molecule has 3 heterocycles. The van der Waals surface area contributed by atoms with E-state index in [0.29, 0.717) is 11.6 Å². The van der Waals surface area contributed by atoms with E-state index in [-0.39, 0.29) is 28.6 Å². The zero-order valence-corrected chi connectivity index (χ0v) is 16.2. The number of amides is 2. The summed E-state index contributed by atoms with van der Waals surface area (Å²) in [6, 6.07) is 10.6. The van der Waals surface area contributed by atoms with Gasteiger partial charge in [-0.2, -0.15) is 0 Å². The summed E-state index contributed by atoms with van der Waals surface area (Å²) in [5.41, 5.74) is 1.15. The van der Waals surface area contributed by atoms with E-state index >= 15 is 0 Å². The first-order valence-corrected chi connectivity index (χ1v) is 9.84. The summed E-state index contributed by atoms with van der Waals surface area (Å²) in [4.78, 5) is 27.7. The third-order valence-corrected chi connectivity index (χ3v) is 6.34. The van der Waals surface area contributed by atoms with Crippen LogP contribution in [0.4, 0.5) is 10.1 Å². The smallest absolute Gasteiger partial charge is 0.253 e. The van der Waals surface area contributed by atoms with Gasteiger partial charge in [-0.15, -0.1) is 0 Å². The number of rotatable bonds is 2. The van der Waals surface area contributed by atoms with Gasteiger partial charge in [0.05, 0.1) is 22.7 Å². The average molecular weight is 420 g/mol. The van der Waals surface area contributed by atoms with E-state index in [0.717, 1.165) is 29.5 Å². The molecule has 2 amide bonds. The molecule has 5 rings (SSSR count). The summed E-state index contributed by atoms with van der Waals surface area (Å²) in [6.07, 6.45) is 0.921. The summed E-state index contributed by atoms with van der Waals surface area (Å²) in [7, 11) is 0. The topological polar surface area (TPSA) is 43.9 Å². The molecule has 0 bridgehead atoms. The Hall–Kier alpha value is -1.99. The highest BCUT2D eigenvalue weighted by Crippen LogP contribution is 2.49. The number of hydrogen-bond donors (Lipinski definition) is 0. The fourth-order valence-corrected chi connectivity index (χ4v) is 4.90. The molecule has 5 nitrogen and oxygen atoms in total. The Balaban J connectivity index is 1.58. The van der Waals surface area contributed by atoms with Crippen LogP contribution in [0.1, 0.15) is 18.0 Å². The normalized spacial score (nSPS) is 27.5. The molecule has 28 heavy (non-hydrogen) atoms. The van der Waals surface area contributed by atoms with Gasteiger partial charge in [0.15, 0.2) is 0 Å². The van der Waals surface area contributed by atoms with Gasteiger partial charge < -0.3 is 0 Å². The Morgan fingerprint density at radius 2 is 1.57 bits per heavy atom. The number of halogens is 3. The van der Waals surface area contributed by atoms with Gasteiger partial charge in [-0.25, -0.2) is 19.3 Å². The number of benzene rings is 2. The van der Waals surface area contributed by atoms with E-state index in [9.17, 15) is 14.0 Å². The quantitative estimate of drug-likeness (QED) is 0.696. The van der Waals surface area contributed by atoms with Crippen LogP contribution < -0.4 is 4.90 Å². The number of hydrogen-bond acceptors (Lipinski definition) is 4. The van der Waals surface area contributed by atoms with Crippen molar-refractivity contribution in [1.82, 2.24) is 10.0 Å². The molecule has 3 fully saturated rings. The second-order valence-corrected chi connectivity index (χ2v) is 8.10. The second-order valence-electron chi connectivity index (χ2n) is 7.26. The third-order valence-electron chi connectivity index (χ3n) is 5.78. The predicted molar refractivity (Wildman–Crippen MR) is 103 cm³/mol. The van der Waals surface area contributed by atoms with E-state index in [1.807, 2.05) is 17.1 Å². The molecular formula is C20H16Cl2FN3O2. The van der Waals surface area contributed by atoms with Crippen LogP contribution in [0.5, 0.6) is 0 Å². The van der Waals surface area contributed by atoms with Crippen molar-refractivity contribution in [2.75, 3.05) is 18.0 Å². The van der Waals surface area contributed by atoms with Crippen molar-refractivity contribution in [2.24, 2.45) is 5.92 Å². The number of hydrazine groups is 1. The number of imide groups is 1. The van der Waals surface area contributed by atoms with Gasteiger partial charge in [-0.3, -0.25) is 9.59 Å². The van der Waals surface area contributed by atoms with Crippen molar-refractivity contribution < 1.29 is 14.0 Å². The average Bonchev–Trinajstić information content (AvgIpc) is 3.31. The maximum absolute atomic E-state index is 14.0. The minimum atomic E-state index is -0.658. The molecule has 0 N–H and O–H groups in total. The van der Waals surface area contributed by atoms with Crippen molar-refractivity contribution in [3.8, 4) is 0 Å². The fraction of sp³-hybridized carbons (Fsp3) is 0.300. The van der Waals surface area contributed by atoms with Gasteiger partial charge >= 0.3 is 0 Å². The first kappa shape index (κ1) is 18.1. The molecule has 0 aromatic heterocycles. The van der Waals surface area contributed by atoms with Gasteiger partial charge in [0.25, 0.3) is 5.91 Å². The fourth-order valence-electron chi connectivity index (χ4n) is 4.65. The summed E-state index contributed by atoms with van der Waals surface area (Å²) in [6.45, 7) is 1.50. The zero-order valence-electron chi connectivity index (χ0n) is 14.7. The summed E-state index contributed by atoms with van der Waals surface area (Å²) >= 11 is 11.8. The summed E-state index contributed by atoms with van der Waals surface area (Å²) in [5, 5.41) is 4.68. The molecular weight excluding hydrogens is 404 g/mol. The Kier molecular flexibility index (Phi) is 4.21. The van der Waals surface area contributed by atoms with Gasteiger partial charge in [-0.1, -0.05) is 35.3 Å². The van der Waals surface area contributed by atoms with Gasteiger partial charge in [0, 0.05) is 18.1 Å². The molecule has 8 heteroatoms. The van der Waals surface area contributed by atoms with Crippen LogP contribution >= 0.6 is 23.2 Å². The highest BCUT2D eigenvalue weighted by molar-refractivity contribution is 6.31. The molecule has 3 aliphatic heterocycles. The maximum Gasteiger partial charge on any atom is 0.253 e. The zero-order chi connectivity index (χ0) is 19.6. The highest BCUT2D eigenvalue weighted by atomic mass is 35.5. The molecule has 144 valence electrons. The van der Waals surface area contributed by atoms with Crippen LogP contribution in [0.3, 0.4) is 0 Å². The van der Waals surface area contributed by atoms with E-state index < -0.39 is 17.8 Å². The third kappa shape index (κ3) is 2.52. The number of anilines is 1. The molecule has 0 radical (unpaired) electrons. The molecule has 2 aromatic carbocycles. The largest absolute Gasteiger partial charge is 0.274 e. The van der Waals surface area contributed by atoms with Crippen molar-refractivity contribution in [2.45, 2.75) is 18.5 Å². The number of fused-ring (bicyclic) bond motifs is 3. The van der Waals surface area contributed by atoms with Crippen LogP contribution in [0.2, 0.25) is 10.0 Å². The Morgan fingerprint density at radius 3 is 2.25 bits per heavy atom. The van der Waals surface area contributed by atoms with Crippen LogP contribution in [0.25, 0.3) is 0 Å². The summed E-state index contributed by atoms with van der Waals surface area (Å²) in [5.74, 6) is -1.84. The standard InChI is InChI=1S/C20H16Cl2FN3O2/c21-12-4-2-11(3-5-12)17-16-18(25-9-1-8-24(17)25)20(28)26(19(16)27)13-6-7-14(22)15(23)10-13/h2-7,10,16-18H,1,8-9H2. The molecule has 3 atom stereocenters. The van der Waals surface area contributed by atoms with Crippen LogP contribution in [0.15, 0.2) is 42.5 Å². The SMILES string of the molecule is O=C1C2C(C(=O)N1c1ccc(Cl)c(F)c1)N1CCCN1C2c1ccc(Cl)cc1. The number of carbonyl (C=O) groups is 2. The van der Waals surface area contributed by atoms with Gasteiger partial charge in [0.2, 0.25) is 5.91 Å². The molecule has 3 unspecified atom stereocenters. The van der Waals surface area contributed by atoms with Crippen molar-refractivity contribution in [1.29, 1.82) is 0 Å². The highest BCUT2D eigenvalue weighted by Gasteiger charge is 2.62. The van der Waals surface area contributed by atoms with Crippen molar-refractivity contribution in [3.63, 3.8) is 0 Å². The monoisotopic (exact) mass is 419 g/mol. The second kappa shape index (κ2) is 6.52. The van der Waals surface area contributed by atoms with E-state index in [1.54, 1.807) is 12.1 Å². The van der Waals surface area contributed by atoms with Gasteiger partial charge in [-0.05, 0) is 42.3 Å². The van der Waals surface area contributed by atoms with E-state index in [1.165, 1.54) is 12.1 Å². The lowest BCUT2D eigenvalue weighted by Crippen LogP contribution is -2.44. The predicted octanol–water partition coefficient (Wildman–Crippen LogP) is 3.67. The maximum atomic E-state index is 14.0. The molecule has 3 aliphatic rings. The lowest BCUT2D eigenvalue weighted by Gasteiger charge is -2.29. The lowest BCUT2D eigenvalue weighted by molar-refractivity contribution is -0.126. The Labute approximate surface area is 171 Å². The van der Waals surface area contributed by atoms with E-state index in [2.05, 4.69) is 5.01 Å². The number of carbonyl (C=O) groups excluding carboxylic acids is 2. The molecule has 3 saturated heterocycles. The first-order chi connectivity index (χ1) is 13.5. The van der Waals surface area contributed by atoms with Gasteiger partial charge in [0.1, 0.15) is 11.9 Å². The summed E-state index contributed by atoms with van der Waals surface area (Å²) < 4.78 is 14.0. The van der Waals surface area contributed by atoms with Crippen LogP contribution in [-0.4, -0.2) is 41.0 Å². The number of nitrogens with zero attached hydrogens (tertiary/aromatic N) is 3. The van der Waals surface area contributed by atoms with Crippen LogP contribution in [-0.2, 0) is 9.59 Å². The molecule has 0 aliphatic carbocycles. The van der Waals surface area contributed by atoms with Crippen molar-refractivity contribution in [3.05, 3.63) is 63.9 Å².